The van der Waals surface area contributed by atoms with Crippen molar-refractivity contribution < 1.29 is 19.7 Å². The molecule has 2 N–H and O–H groups in total. The third-order valence-electron chi connectivity index (χ3n) is 1.35. The molecule has 11 heavy (non-hydrogen) atoms. The second-order valence-electron chi connectivity index (χ2n) is 2.32. The van der Waals surface area contributed by atoms with Crippen molar-refractivity contribution in [3.05, 3.63) is 0 Å². The first kappa shape index (κ1) is 10.8. The SMILES string of the molecule is COCC(O)C(C)OCCO. The number of aliphatic hydroxyl groups excluding tert-OH is 2. The molecule has 4 nitrogen and oxygen atoms in total. The molecule has 0 aliphatic heterocycles. The van der Waals surface area contributed by atoms with Crippen LogP contribution in [0.15, 0.2) is 0 Å². The minimum Gasteiger partial charge on any atom is -0.394 e. The van der Waals surface area contributed by atoms with E-state index in [1.165, 1.54) is 7.11 Å². The van der Waals surface area contributed by atoms with Gasteiger partial charge in [-0.15, -0.1) is 0 Å². The minimum atomic E-state index is -0.619. The number of rotatable bonds is 6. The Balaban J connectivity index is 3.38. The predicted octanol–water partition coefficient (Wildman–Crippen LogP) is -0.609. The van der Waals surface area contributed by atoms with Gasteiger partial charge in [0.05, 0.1) is 25.9 Å². The number of hydrogen-bond donors (Lipinski definition) is 2. The predicted molar refractivity (Wildman–Crippen MR) is 40.4 cm³/mol. The van der Waals surface area contributed by atoms with E-state index in [9.17, 15) is 5.11 Å². The summed E-state index contributed by atoms with van der Waals surface area (Å²) in [6.45, 7) is 2.22. The third-order valence-corrected chi connectivity index (χ3v) is 1.35. The molecule has 0 bridgehead atoms. The summed E-state index contributed by atoms with van der Waals surface area (Å²) in [5.74, 6) is 0. The molecule has 0 saturated carbocycles. The highest BCUT2D eigenvalue weighted by molar-refractivity contribution is 4.62. The fourth-order valence-corrected chi connectivity index (χ4v) is 0.656. The molecule has 0 amide bonds. The largest absolute Gasteiger partial charge is 0.394 e. The van der Waals surface area contributed by atoms with Crippen molar-refractivity contribution in [1.29, 1.82) is 0 Å². The van der Waals surface area contributed by atoms with E-state index >= 15 is 0 Å². The van der Waals surface area contributed by atoms with Crippen LogP contribution in [0, 0.1) is 0 Å². The van der Waals surface area contributed by atoms with Crippen molar-refractivity contribution in [2.24, 2.45) is 0 Å². The summed E-state index contributed by atoms with van der Waals surface area (Å²) >= 11 is 0. The van der Waals surface area contributed by atoms with E-state index < -0.39 is 6.10 Å². The molecule has 0 aromatic rings. The first-order valence-electron chi connectivity index (χ1n) is 3.61. The molecule has 0 aliphatic rings. The molecule has 2 atom stereocenters. The summed E-state index contributed by atoms with van der Waals surface area (Å²) in [6.07, 6.45) is -0.909. The molecule has 0 aromatic heterocycles. The van der Waals surface area contributed by atoms with Crippen LogP contribution in [0.2, 0.25) is 0 Å². The topological polar surface area (TPSA) is 58.9 Å². The zero-order chi connectivity index (χ0) is 8.69. The Morgan fingerprint density at radius 3 is 2.55 bits per heavy atom. The van der Waals surface area contributed by atoms with Gasteiger partial charge in [0.25, 0.3) is 0 Å². The lowest BCUT2D eigenvalue weighted by Crippen LogP contribution is -2.30. The Kier molecular flexibility index (Phi) is 6.45. The molecule has 0 fully saturated rings. The summed E-state index contributed by atoms with van der Waals surface area (Å²) in [5.41, 5.74) is 0. The van der Waals surface area contributed by atoms with Gasteiger partial charge in [-0.3, -0.25) is 0 Å². The lowest BCUT2D eigenvalue weighted by Gasteiger charge is -2.17. The molecule has 0 heterocycles. The first-order valence-corrected chi connectivity index (χ1v) is 3.61. The van der Waals surface area contributed by atoms with Gasteiger partial charge >= 0.3 is 0 Å². The number of ether oxygens (including phenoxy) is 2. The van der Waals surface area contributed by atoms with Crippen LogP contribution in [0.3, 0.4) is 0 Å². The van der Waals surface area contributed by atoms with E-state index in [1.54, 1.807) is 6.92 Å². The molecule has 2 unspecified atom stereocenters. The smallest absolute Gasteiger partial charge is 0.103 e. The van der Waals surface area contributed by atoms with Gasteiger partial charge in [-0.25, -0.2) is 0 Å². The van der Waals surface area contributed by atoms with Gasteiger partial charge in [-0.05, 0) is 6.92 Å². The van der Waals surface area contributed by atoms with Crippen LogP contribution in [-0.4, -0.2) is 49.4 Å². The Labute approximate surface area is 66.7 Å². The lowest BCUT2D eigenvalue weighted by atomic mass is 10.2. The fraction of sp³-hybridized carbons (Fsp3) is 1.00. The van der Waals surface area contributed by atoms with Gasteiger partial charge < -0.3 is 19.7 Å². The summed E-state index contributed by atoms with van der Waals surface area (Å²) in [5, 5.41) is 17.6. The van der Waals surface area contributed by atoms with Gasteiger partial charge in [0.1, 0.15) is 6.10 Å². The maximum atomic E-state index is 9.21. The fourth-order valence-electron chi connectivity index (χ4n) is 0.656. The summed E-state index contributed by atoms with van der Waals surface area (Å²) in [4.78, 5) is 0. The highest BCUT2D eigenvalue weighted by atomic mass is 16.5. The molecule has 68 valence electrons. The quantitative estimate of drug-likeness (QED) is 0.550. The maximum absolute atomic E-state index is 9.21. The second-order valence-corrected chi connectivity index (χ2v) is 2.32. The van der Waals surface area contributed by atoms with Crippen molar-refractivity contribution in [1.82, 2.24) is 0 Å². The van der Waals surface area contributed by atoms with Crippen LogP contribution < -0.4 is 0 Å². The van der Waals surface area contributed by atoms with E-state index in [4.69, 9.17) is 14.6 Å². The zero-order valence-electron chi connectivity index (χ0n) is 6.99. The van der Waals surface area contributed by atoms with Gasteiger partial charge in [0.2, 0.25) is 0 Å². The van der Waals surface area contributed by atoms with Crippen LogP contribution in [0.25, 0.3) is 0 Å². The Morgan fingerprint density at radius 2 is 2.09 bits per heavy atom. The molecule has 0 saturated heterocycles. The lowest BCUT2D eigenvalue weighted by molar-refractivity contribution is -0.0629. The van der Waals surface area contributed by atoms with E-state index in [0.29, 0.717) is 0 Å². The van der Waals surface area contributed by atoms with Crippen LogP contribution in [0.4, 0.5) is 0 Å². The van der Waals surface area contributed by atoms with Crippen molar-refractivity contribution in [3.8, 4) is 0 Å². The van der Waals surface area contributed by atoms with Crippen LogP contribution in [-0.2, 0) is 9.47 Å². The van der Waals surface area contributed by atoms with E-state index in [0.717, 1.165) is 0 Å². The van der Waals surface area contributed by atoms with Gasteiger partial charge in [-0.1, -0.05) is 0 Å². The molecule has 0 aromatic carbocycles. The van der Waals surface area contributed by atoms with Gasteiger partial charge in [0.15, 0.2) is 0 Å². The van der Waals surface area contributed by atoms with Crippen LogP contribution >= 0.6 is 0 Å². The first-order chi connectivity index (χ1) is 5.22. The third kappa shape index (κ3) is 5.15. The molecule has 0 spiro atoms. The van der Waals surface area contributed by atoms with Crippen LogP contribution in [0.1, 0.15) is 6.92 Å². The van der Waals surface area contributed by atoms with Crippen molar-refractivity contribution in [2.45, 2.75) is 19.1 Å². The van der Waals surface area contributed by atoms with E-state index in [2.05, 4.69) is 0 Å². The second kappa shape index (κ2) is 6.54. The standard InChI is InChI=1S/C7H16O4/c1-6(11-4-3-8)7(9)5-10-2/h6-9H,3-5H2,1-2H3. The molecule has 0 aliphatic carbocycles. The normalized spacial score (nSPS) is 16.4. The minimum absolute atomic E-state index is 0.0238. The number of methoxy groups -OCH3 is 1. The molecule has 0 rings (SSSR count). The summed E-state index contributed by atoms with van der Waals surface area (Å²) in [6, 6.07) is 0. The Bertz CT molecular complexity index is 86.5. The van der Waals surface area contributed by atoms with Crippen molar-refractivity contribution in [2.75, 3.05) is 26.9 Å². The van der Waals surface area contributed by atoms with Gasteiger partial charge in [0, 0.05) is 7.11 Å². The Hall–Kier alpha value is -0.160. The summed E-state index contributed by atoms with van der Waals surface area (Å²) in [7, 11) is 1.52. The molecular weight excluding hydrogens is 148 g/mol. The average molecular weight is 164 g/mol. The van der Waals surface area contributed by atoms with E-state index in [1.807, 2.05) is 0 Å². The van der Waals surface area contributed by atoms with Crippen LogP contribution in [0.5, 0.6) is 0 Å². The monoisotopic (exact) mass is 164 g/mol. The van der Waals surface area contributed by atoms with Crippen molar-refractivity contribution >= 4 is 0 Å². The number of aliphatic hydroxyl groups is 2. The molecule has 0 radical (unpaired) electrons. The number of hydrogen-bond acceptors (Lipinski definition) is 4. The summed E-state index contributed by atoms with van der Waals surface area (Å²) < 4.78 is 9.74. The molecular formula is C7H16O4. The highest BCUT2D eigenvalue weighted by Gasteiger charge is 2.13. The Morgan fingerprint density at radius 1 is 1.45 bits per heavy atom. The van der Waals surface area contributed by atoms with E-state index in [-0.39, 0.29) is 25.9 Å². The zero-order valence-corrected chi connectivity index (χ0v) is 6.99. The molecule has 4 heteroatoms. The van der Waals surface area contributed by atoms with Crippen molar-refractivity contribution in [3.63, 3.8) is 0 Å². The van der Waals surface area contributed by atoms with Gasteiger partial charge in [-0.2, -0.15) is 0 Å². The maximum Gasteiger partial charge on any atom is 0.103 e. The highest BCUT2D eigenvalue weighted by Crippen LogP contribution is 1.98. The average Bonchev–Trinajstić information content (AvgIpc) is 2.00.